The number of benzene rings is 1. The van der Waals surface area contributed by atoms with Gasteiger partial charge in [-0.2, -0.15) is 0 Å². The zero-order valence-corrected chi connectivity index (χ0v) is 18.2. The summed E-state index contributed by atoms with van der Waals surface area (Å²) >= 11 is 0. The predicted molar refractivity (Wildman–Crippen MR) is 110 cm³/mol. The molecule has 0 N–H and O–H groups in total. The molecule has 1 aromatic carbocycles. The first-order valence-electron chi connectivity index (χ1n) is 9.87. The first-order chi connectivity index (χ1) is 13.0. The molecule has 0 aliphatic carbocycles. The maximum Gasteiger partial charge on any atom is 0.305 e. The smallest absolute Gasteiger partial charge is 0.305 e. The van der Waals surface area contributed by atoms with Crippen LogP contribution in [0.5, 0.6) is 11.5 Å². The van der Waals surface area contributed by atoms with Crippen LogP contribution in [0.2, 0.25) is 0 Å². The highest BCUT2D eigenvalue weighted by Gasteiger charge is 2.17. The van der Waals surface area contributed by atoms with Gasteiger partial charge in [0.05, 0.1) is 20.8 Å². The molecule has 0 radical (unpaired) electrons. The third kappa shape index (κ3) is 10.2. The van der Waals surface area contributed by atoms with Crippen LogP contribution in [0, 0.1) is 11.8 Å². The molecule has 5 nitrogen and oxygen atoms in total. The van der Waals surface area contributed by atoms with Gasteiger partial charge < -0.3 is 18.9 Å². The molecule has 1 rings (SSSR count). The van der Waals surface area contributed by atoms with Gasteiger partial charge in [-0.25, -0.2) is 0 Å². The molecule has 5 heteroatoms. The molecule has 1 atom stereocenters. The molecule has 0 spiro atoms. The molecule has 0 amide bonds. The summed E-state index contributed by atoms with van der Waals surface area (Å²) < 4.78 is 21.0. The summed E-state index contributed by atoms with van der Waals surface area (Å²) in [6, 6.07) is 6.05. The molecule has 0 fully saturated rings. The lowest BCUT2D eigenvalue weighted by atomic mass is 9.85. The fourth-order valence-corrected chi connectivity index (χ4v) is 2.73. The standard InChI is InChI=1S/C20H32O5.C2H6/c1-15(2)17(8-10-20(21)24-5)13-16-7-9-18(23-4)19(14-16)25-12-6-11-22-3;1-2/h7,9,14-15,17H,6,8,10-13H2,1-5H3;1-2H3. The maximum atomic E-state index is 11.4. The summed E-state index contributed by atoms with van der Waals surface area (Å²) in [5, 5.41) is 0. The third-order valence-electron chi connectivity index (χ3n) is 4.37. The summed E-state index contributed by atoms with van der Waals surface area (Å²) in [4.78, 5) is 11.4. The summed E-state index contributed by atoms with van der Waals surface area (Å²) in [6.45, 7) is 9.63. The fraction of sp³-hybridized carbons (Fsp3) is 0.682. The number of rotatable bonds is 12. The van der Waals surface area contributed by atoms with E-state index in [0.29, 0.717) is 31.5 Å². The summed E-state index contributed by atoms with van der Waals surface area (Å²) in [7, 11) is 4.76. The zero-order chi connectivity index (χ0) is 20.7. The van der Waals surface area contributed by atoms with Crippen LogP contribution in [0.1, 0.15) is 52.5 Å². The van der Waals surface area contributed by atoms with Gasteiger partial charge in [0, 0.05) is 26.6 Å². The van der Waals surface area contributed by atoms with Gasteiger partial charge in [-0.3, -0.25) is 4.79 Å². The Morgan fingerprint density at radius 1 is 1.04 bits per heavy atom. The van der Waals surface area contributed by atoms with E-state index in [1.165, 1.54) is 12.7 Å². The highest BCUT2D eigenvalue weighted by Crippen LogP contribution is 2.31. The quantitative estimate of drug-likeness (QED) is 0.380. The lowest BCUT2D eigenvalue weighted by Gasteiger charge is -2.21. The topological polar surface area (TPSA) is 54.0 Å². The Morgan fingerprint density at radius 3 is 2.30 bits per heavy atom. The van der Waals surface area contributed by atoms with E-state index >= 15 is 0 Å². The van der Waals surface area contributed by atoms with E-state index in [1.807, 2.05) is 26.0 Å². The second-order valence-corrected chi connectivity index (χ2v) is 6.50. The Labute approximate surface area is 165 Å². The normalized spacial score (nSPS) is 11.4. The van der Waals surface area contributed by atoms with Crippen molar-refractivity contribution >= 4 is 5.97 Å². The van der Waals surface area contributed by atoms with Gasteiger partial charge in [0.1, 0.15) is 0 Å². The number of ether oxygens (including phenoxy) is 4. The monoisotopic (exact) mass is 382 g/mol. The van der Waals surface area contributed by atoms with Gasteiger partial charge >= 0.3 is 5.97 Å². The largest absolute Gasteiger partial charge is 0.493 e. The highest BCUT2D eigenvalue weighted by atomic mass is 16.5. The molecule has 1 aromatic rings. The van der Waals surface area contributed by atoms with Gasteiger partial charge in [0.25, 0.3) is 0 Å². The third-order valence-corrected chi connectivity index (χ3v) is 4.37. The number of esters is 1. The Bertz CT molecular complexity index is 513. The van der Waals surface area contributed by atoms with E-state index < -0.39 is 0 Å². The highest BCUT2D eigenvalue weighted by molar-refractivity contribution is 5.69. The van der Waals surface area contributed by atoms with Crippen molar-refractivity contribution in [2.75, 3.05) is 34.5 Å². The van der Waals surface area contributed by atoms with Crippen molar-refractivity contribution in [1.82, 2.24) is 0 Å². The first kappa shape index (κ1) is 25.2. The molecule has 27 heavy (non-hydrogen) atoms. The van der Waals surface area contributed by atoms with E-state index in [-0.39, 0.29) is 5.97 Å². The van der Waals surface area contributed by atoms with Gasteiger partial charge in [0.2, 0.25) is 0 Å². The van der Waals surface area contributed by atoms with Crippen LogP contribution in [-0.2, 0) is 20.7 Å². The molecule has 0 saturated heterocycles. The lowest BCUT2D eigenvalue weighted by molar-refractivity contribution is -0.141. The number of carbonyl (C=O) groups is 1. The summed E-state index contributed by atoms with van der Waals surface area (Å²) in [5.74, 6) is 2.23. The molecule has 0 bridgehead atoms. The second kappa shape index (κ2) is 15.3. The molecular weight excluding hydrogens is 344 g/mol. The Hall–Kier alpha value is -1.75. The van der Waals surface area contributed by atoms with Crippen molar-refractivity contribution in [2.45, 2.75) is 53.4 Å². The first-order valence-corrected chi connectivity index (χ1v) is 9.87. The van der Waals surface area contributed by atoms with Crippen molar-refractivity contribution in [3.05, 3.63) is 23.8 Å². The van der Waals surface area contributed by atoms with Crippen LogP contribution in [-0.4, -0.2) is 40.5 Å². The molecule has 0 aliphatic heterocycles. The van der Waals surface area contributed by atoms with Crippen LogP contribution in [0.15, 0.2) is 18.2 Å². The predicted octanol–water partition coefficient (Wildman–Crippen LogP) is 4.90. The van der Waals surface area contributed by atoms with Crippen molar-refractivity contribution in [2.24, 2.45) is 11.8 Å². The van der Waals surface area contributed by atoms with E-state index in [1.54, 1.807) is 14.2 Å². The summed E-state index contributed by atoms with van der Waals surface area (Å²) in [5.41, 5.74) is 1.19. The Balaban J connectivity index is 0.00000326. The SMILES string of the molecule is CC.COCCCOc1cc(CC(CCC(=O)OC)C(C)C)ccc1OC. The maximum absolute atomic E-state index is 11.4. The van der Waals surface area contributed by atoms with Crippen molar-refractivity contribution in [3.63, 3.8) is 0 Å². The van der Waals surface area contributed by atoms with Crippen LogP contribution >= 0.6 is 0 Å². The minimum absolute atomic E-state index is 0.150. The molecule has 156 valence electrons. The Kier molecular flexibility index (Phi) is 14.3. The minimum atomic E-state index is -0.150. The van der Waals surface area contributed by atoms with E-state index in [9.17, 15) is 4.79 Å². The summed E-state index contributed by atoms with van der Waals surface area (Å²) in [6.07, 6.45) is 3.00. The van der Waals surface area contributed by atoms with Gasteiger partial charge in [-0.05, 0) is 42.4 Å². The van der Waals surface area contributed by atoms with Crippen molar-refractivity contribution < 1.29 is 23.7 Å². The number of methoxy groups -OCH3 is 3. The molecule has 1 unspecified atom stereocenters. The fourth-order valence-electron chi connectivity index (χ4n) is 2.73. The van der Waals surface area contributed by atoms with Crippen LogP contribution in [0.25, 0.3) is 0 Å². The van der Waals surface area contributed by atoms with E-state index in [0.717, 1.165) is 30.8 Å². The molecule has 0 aromatic heterocycles. The van der Waals surface area contributed by atoms with Gasteiger partial charge in [0.15, 0.2) is 11.5 Å². The van der Waals surface area contributed by atoms with Crippen molar-refractivity contribution in [1.29, 1.82) is 0 Å². The van der Waals surface area contributed by atoms with Gasteiger partial charge in [-0.1, -0.05) is 33.8 Å². The number of hydrogen-bond donors (Lipinski definition) is 0. The average molecular weight is 383 g/mol. The minimum Gasteiger partial charge on any atom is -0.493 e. The second-order valence-electron chi connectivity index (χ2n) is 6.50. The van der Waals surface area contributed by atoms with Crippen LogP contribution < -0.4 is 9.47 Å². The Morgan fingerprint density at radius 2 is 1.74 bits per heavy atom. The van der Waals surface area contributed by atoms with Crippen LogP contribution in [0.3, 0.4) is 0 Å². The molecule has 0 saturated carbocycles. The average Bonchev–Trinajstić information content (AvgIpc) is 2.69. The molecule has 0 heterocycles. The number of carbonyl (C=O) groups excluding carboxylic acids is 1. The zero-order valence-electron chi connectivity index (χ0n) is 18.2. The van der Waals surface area contributed by atoms with E-state index in [4.69, 9.17) is 18.9 Å². The van der Waals surface area contributed by atoms with E-state index in [2.05, 4.69) is 19.9 Å². The van der Waals surface area contributed by atoms with Crippen LogP contribution in [0.4, 0.5) is 0 Å². The van der Waals surface area contributed by atoms with Gasteiger partial charge in [-0.15, -0.1) is 0 Å². The molecule has 0 aliphatic rings. The van der Waals surface area contributed by atoms with Crippen molar-refractivity contribution in [3.8, 4) is 11.5 Å². The number of hydrogen-bond acceptors (Lipinski definition) is 5. The lowest BCUT2D eigenvalue weighted by Crippen LogP contribution is -2.15. The molecular formula is C22H38O5.